The lowest BCUT2D eigenvalue weighted by Crippen LogP contribution is -2.50. The monoisotopic (exact) mass is 173 g/mol. The van der Waals surface area contributed by atoms with E-state index in [2.05, 4.69) is 13.8 Å². The first-order valence-electron chi connectivity index (χ1n) is 4.64. The van der Waals surface area contributed by atoms with Crippen molar-refractivity contribution in [3.63, 3.8) is 0 Å². The van der Waals surface area contributed by atoms with Crippen LogP contribution in [0.25, 0.3) is 0 Å². The van der Waals surface area contributed by atoms with Crippen molar-refractivity contribution < 1.29 is 4.39 Å². The van der Waals surface area contributed by atoms with E-state index in [1.807, 2.05) is 13.8 Å². The van der Waals surface area contributed by atoms with Gasteiger partial charge in [-0.05, 0) is 23.7 Å². The van der Waals surface area contributed by atoms with Crippen LogP contribution in [0.4, 0.5) is 4.39 Å². The quantitative estimate of drug-likeness (QED) is 0.598. The Morgan fingerprint density at radius 3 is 2.17 bits per heavy atom. The van der Waals surface area contributed by atoms with Crippen molar-refractivity contribution in [2.75, 3.05) is 0 Å². The predicted octanol–water partition coefficient (Wildman–Crippen LogP) is 2.50. The van der Waals surface area contributed by atoms with Crippen LogP contribution in [0, 0.1) is 10.8 Å². The third-order valence-electron chi connectivity index (χ3n) is 2.84. The van der Waals surface area contributed by atoms with Gasteiger partial charge in [-0.1, -0.05) is 27.7 Å². The maximum absolute atomic E-state index is 13.6. The van der Waals surface area contributed by atoms with Crippen LogP contribution < -0.4 is 5.73 Å². The van der Waals surface area contributed by atoms with Gasteiger partial charge >= 0.3 is 0 Å². The number of halogens is 1. The third kappa shape index (κ3) is 1.79. The highest BCUT2D eigenvalue weighted by atomic mass is 19.1. The molecule has 0 unspecified atom stereocenters. The van der Waals surface area contributed by atoms with Crippen LogP contribution >= 0.6 is 0 Å². The van der Waals surface area contributed by atoms with Gasteiger partial charge in [-0.3, -0.25) is 0 Å². The van der Waals surface area contributed by atoms with E-state index in [1.165, 1.54) is 0 Å². The molecule has 0 saturated heterocycles. The van der Waals surface area contributed by atoms with Gasteiger partial charge in [0.1, 0.15) is 6.17 Å². The summed E-state index contributed by atoms with van der Waals surface area (Å²) in [6.45, 7) is 8.28. The minimum atomic E-state index is -0.842. The molecule has 12 heavy (non-hydrogen) atoms. The minimum Gasteiger partial charge on any atom is -0.325 e. The van der Waals surface area contributed by atoms with Gasteiger partial charge in [0, 0.05) is 6.04 Å². The average Bonchev–Trinajstić information content (AvgIpc) is 1.79. The van der Waals surface area contributed by atoms with Crippen LogP contribution in [-0.4, -0.2) is 12.2 Å². The molecule has 0 heterocycles. The summed E-state index contributed by atoms with van der Waals surface area (Å²) in [5, 5.41) is 0. The van der Waals surface area contributed by atoms with Crippen molar-refractivity contribution in [3.05, 3.63) is 0 Å². The fourth-order valence-corrected chi connectivity index (χ4v) is 2.72. The highest BCUT2D eigenvalue weighted by Crippen LogP contribution is 2.46. The summed E-state index contributed by atoms with van der Waals surface area (Å²) >= 11 is 0. The first kappa shape index (κ1) is 9.97. The molecule has 72 valence electrons. The number of hydrogen-bond acceptors (Lipinski definition) is 1. The van der Waals surface area contributed by atoms with Gasteiger partial charge in [-0.2, -0.15) is 0 Å². The molecule has 0 spiro atoms. The maximum atomic E-state index is 13.6. The fourth-order valence-electron chi connectivity index (χ4n) is 2.72. The molecule has 2 heteroatoms. The first-order chi connectivity index (χ1) is 5.25. The van der Waals surface area contributed by atoms with Crippen LogP contribution in [-0.2, 0) is 0 Å². The van der Waals surface area contributed by atoms with E-state index < -0.39 is 6.17 Å². The zero-order valence-electron chi connectivity index (χ0n) is 8.52. The first-order valence-corrected chi connectivity index (χ1v) is 4.64. The Balaban J connectivity index is 2.80. The minimum absolute atomic E-state index is 0.200. The standard InChI is InChI=1S/C10H20FN/c1-9(2)5-7(12)8(11)10(3,4)6-9/h7-8H,5-6,12H2,1-4H3/t7-,8+/m1/s1. The zero-order chi connectivity index (χ0) is 9.57. The van der Waals surface area contributed by atoms with Crippen molar-refractivity contribution in [1.82, 2.24) is 0 Å². The molecule has 0 bridgehead atoms. The molecule has 0 amide bonds. The number of nitrogens with two attached hydrogens (primary N) is 1. The molecule has 1 rings (SSSR count). The molecule has 0 aliphatic heterocycles. The molecule has 1 fully saturated rings. The van der Waals surface area contributed by atoms with Crippen LogP contribution in [0.1, 0.15) is 40.5 Å². The van der Waals surface area contributed by atoms with E-state index in [0.717, 1.165) is 12.8 Å². The largest absolute Gasteiger partial charge is 0.325 e. The number of rotatable bonds is 0. The smallest absolute Gasteiger partial charge is 0.120 e. The summed E-state index contributed by atoms with van der Waals surface area (Å²) in [7, 11) is 0. The number of alkyl halides is 1. The molecule has 0 aromatic carbocycles. The lowest BCUT2D eigenvalue weighted by molar-refractivity contribution is 0.00609. The van der Waals surface area contributed by atoms with Gasteiger partial charge in [0.25, 0.3) is 0 Å². The Morgan fingerprint density at radius 2 is 1.75 bits per heavy atom. The van der Waals surface area contributed by atoms with E-state index >= 15 is 0 Å². The highest BCUT2D eigenvalue weighted by molar-refractivity contribution is 4.97. The summed E-state index contributed by atoms with van der Waals surface area (Å²) in [4.78, 5) is 0. The van der Waals surface area contributed by atoms with Crippen LogP contribution in [0.5, 0.6) is 0 Å². The van der Waals surface area contributed by atoms with Gasteiger partial charge in [-0.25, -0.2) is 4.39 Å². The van der Waals surface area contributed by atoms with Crippen LogP contribution in [0.3, 0.4) is 0 Å². The summed E-state index contributed by atoms with van der Waals surface area (Å²) in [5.74, 6) is 0. The second kappa shape index (κ2) is 2.69. The average molecular weight is 173 g/mol. The van der Waals surface area contributed by atoms with Gasteiger partial charge < -0.3 is 5.73 Å². The molecule has 2 N–H and O–H groups in total. The van der Waals surface area contributed by atoms with Crippen molar-refractivity contribution in [3.8, 4) is 0 Å². The van der Waals surface area contributed by atoms with Crippen LogP contribution in [0.2, 0.25) is 0 Å². The van der Waals surface area contributed by atoms with E-state index in [0.29, 0.717) is 0 Å². The topological polar surface area (TPSA) is 26.0 Å². The van der Waals surface area contributed by atoms with Crippen molar-refractivity contribution >= 4 is 0 Å². The molecule has 1 aliphatic rings. The molecule has 1 aliphatic carbocycles. The molecule has 1 nitrogen and oxygen atoms in total. The Kier molecular flexibility index (Phi) is 2.24. The van der Waals surface area contributed by atoms with Gasteiger partial charge in [0.2, 0.25) is 0 Å². The molecular formula is C10H20FN. The van der Waals surface area contributed by atoms with E-state index in [9.17, 15) is 4.39 Å². The molecule has 2 atom stereocenters. The molecular weight excluding hydrogens is 153 g/mol. The summed E-state index contributed by atoms with van der Waals surface area (Å²) in [6, 6.07) is -0.274. The Labute approximate surface area is 74.5 Å². The molecule has 1 saturated carbocycles. The van der Waals surface area contributed by atoms with Crippen LogP contribution in [0.15, 0.2) is 0 Å². The molecule has 0 aromatic rings. The number of hydrogen-bond donors (Lipinski definition) is 1. The summed E-state index contributed by atoms with van der Waals surface area (Å²) in [5.41, 5.74) is 5.71. The lowest BCUT2D eigenvalue weighted by atomic mass is 9.63. The van der Waals surface area contributed by atoms with Crippen molar-refractivity contribution in [2.45, 2.75) is 52.8 Å². The highest BCUT2D eigenvalue weighted by Gasteiger charge is 2.44. The van der Waals surface area contributed by atoms with E-state index in [4.69, 9.17) is 5.73 Å². The van der Waals surface area contributed by atoms with Gasteiger partial charge in [0.05, 0.1) is 0 Å². The molecule has 0 aromatic heterocycles. The SMILES string of the molecule is CC1(C)C[C@@H](N)[C@H](F)C(C)(C)C1. The molecule has 0 radical (unpaired) electrons. The zero-order valence-corrected chi connectivity index (χ0v) is 8.52. The predicted molar refractivity (Wildman–Crippen MR) is 49.7 cm³/mol. The lowest BCUT2D eigenvalue weighted by Gasteiger charge is -2.46. The van der Waals surface area contributed by atoms with Gasteiger partial charge in [0.15, 0.2) is 0 Å². The normalized spacial score (nSPS) is 39.5. The van der Waals surface area contributed by atoms with Crippen molar-refractivity contribution in [2.24, 2.45) is 16.6 Å². The van der Waals surface area contributed by atoms with Crippen molar-refractivity contribution in [1.29, 1.82) is 0 Å². The van der Waals surface area contributed by atoms with E-state index in [-0.39, 0.29) is 16.9 Å². The Hall–Kier alpha value is -0.110. The van der Waals surface area contributed by atoms with E-state index in [1.54, 1.807) is 0 Å². The maximum Gasteiger partial charge on any atom is 0.120 e. The summed E-state index contributed by atoms with van der Waals surface area (Å²) in [6.07, 6.45) is 0.887. The fraction of sp³-hybridized carbons (Fsp3) is 1.00. The second-order valence-electron chi connectivity index (χ2n) is 5.60. The van der Waals surface area contributed by atoms with Gasteiger partial charge in [-0.15, -0.1) is 0 Å². The third-order valence-corrected chi connectivity index (χ3v) is 2.84. The Morgan fingerprint density at radius 1 is 1.25 bits per heavy atom. The Bertz CT molecular complexity index is 175. The second-order valence-corrected chi connectivity index (χ2v) is 5.60. The summed E-state index contributed by atoms with van der Waals surface area (Å²) < 4.78 is 13.6.